The summed E-state index contributed by atoms with van der Waals surface area (Å²) in [7, 11) is 0. The molecule has 0 unspecified atom stereocenters. The summed E-state index contributed by atoms with van der Waals surface area (Å²) >= 11 is 12.3. The summed E-state index contributed by atoms with van der Waals surface area (Å²) in [5.74, 6) is 0.234. The van der Waals surface area contributed by atoms with Gasteiger partial charge < -0.3 is 15.1 Å². The van der Waals surface area contributed by atoms with Crippen LogP contribution in [0.5, 0.6) is 0 Å². The van der Waals surface area contributed by atoms with Gasteiger partial charge >= 0.3 is 0 Å². The SMILES string of the molecule is O=C(c1cccc(Cl)c1)N1CCN(C(=O)C2=NCCC(c3cccc(Cl)c3)=CN2)C2(CCCC2)C1. The maximum absolute atomic E-state index is 13.7. The second kappa shape index (κ2) is 10.0. The number of carbonyl (C=O) groups is 2. The molecule has 1 saturated carbocycles. The third kappa shape index (κ3) is 4.95. The van der Waals surface area contributed by atoms with Gasteiger partial charge in [-0.1, -0.05) is 54.2 Å². The van der Waals surface area contributed by atoms with Crippen LogP contribution >= 0.6 is 23.2 Å². The van der Waals surface area contributed by atoms with E-state index in [1.165, 1.54) is 0 Å². The number of piperazine rings is 1. The minimum absolute atomic E-state index is 0.0371. The van der Waals surface area contributed by atoms with E-state index >= 15 is 0 Å². The second-order valence-electron chi connectivity index (χ2n) is 9.43. The number of halogens is 2. The van der Waals surface area contributed by atoms with Crippen LogP contribution in [0.3, 0.4) is 0 Å². The Kier molecular flexibility index (Phi) is 6.85. The van der Waals surface area contributed by atoms with Crippen LogP contribution in [0.25, 0.3) is 5.57 Å². The van der Waals surface area contributed by atoms with Gasteiger partial charge in [0.2, 0.25) is 0 Å². The normalized spacial score (nSPS) is 19.6. The zero-order chi connectivity index (χ0) is 24.4. The van der Waals surface area contributed by atoms with Crippen LogP contribution in [0.15, 0.2) is 59.7 Å². The Labute approximate surface area is 215 Å². The average Bonchev–Trinajstić information content (AvgIpc) is 3.17. The van der Waals surface area contributed by atoms with Gasteiger partial charge in [-0.3, -0.25) is 14.6 Å². The van der Waals surface area contributed by atoms with Crippen molar-refractivity contribution in [3.63, 3.8) is 0 Å². The first-order valence-electron chi connectivity index (χ1n) is 12.1. The summed E-state index contributed by atoms with van der Waals surface area (Å²) in [5.41, 5.74) is 2.30. The Hall–Kier alpha value is -2.83. The number of hydrogen-bond donors (Lipinski definition) is 1. The van der Waals surface area contributed by atoms with E-state index in [-0.39, 0.29) is 17.4 Å². The van der Waals surface area contributed by atoms with E-state index in [1.807, 2.05) is 40.3 Å². The summed E-state index contributed by atoms with van der Waals surface area (Å²) in [6.45, 7) is 2.01. The maximum Gasteiger partial charge on any atom is 0.289 e. The molecule has 2 heterocycles. The van der Waals surface area contributed by atoms with Gasteiger partial charge in [-0.2, -0.15) is 0 Å². The molecule has 2 aromatic carbocycles. The lowest BCUT2D eigenvalue weighted by atomic mass is 9.91. The molecule has 5 rings (SSSR count). The number of benzene rings is 2. The van der Waals surface area contributed by atoms with Crippen LogP contribution in [0.2, 0.25) is 10.0 Å². The Morgan fingerprint density at radius 2 is 1.69 bits per heavy atom. The molecule has 1 aliphatic carbocycles. The van der Waals surface area contributed by atoms with Crippen molar-refractivity contribution < 1.29 is 9.59 Å². The second-order valence-corrected chi connectivity index (χ2v) is 10.3. The standard InChI is InChI=1S/C27H28Cl2N4O2/c28-22-7-3-5-19(15-22)21-9-12-30-24(31-17-21)26(35)33-14-13-32(18-27(33)10-1-2-11-27)25(34)20-6-4-8-23(29)16-20/h3-8,15-17H,1-2,9-14,18H2,(H,30,31). The van der Waals surface area contributed by atoms with Gasteiger partial charge in [0.05, 0.1) is 5.54 Å². The smallest absolute Gasteiger partial charge is 0.289 e. The summed E-state index contributed by atoms with van der Waals surface area (Å²) in [6.07, 6.45) is 6.44. The molecular formula is C27H28Cl2N4O2. The van der Waals surface area contributed by atoms with Crippen LogP contribution < -0.4 is 5.32 Å². The molecule has 2 fully saturated rings. The third-order valence-corrected chi connectivity index (χ3v) is 7.69. The van der Waals surface area contributed by atoms with E-state index in [2.05, 4.69) is 10.3 Å². The Balaban J connectivity index is 1.33. The minimum Gasteiger partial charge on any atom is -0.342 e. The highest BCUT2D eigenvalue weighted by Gasteiger charge is 2.47. The molecule has 0 bridgehead atoms. The van der Waals surface area contributed by atoms with E-state index in [1.54, 1.807) is 24.3 Å². The maximum atomic E-state index is 13.7. The van der Waals surface area contributed by atoms with Gasteiger partial charge in [0.25, 0.3) is 11.8 Å². The van der Waals surface area contributed by atoms with Crippen molar-refractivity contribution in [3.05, 3.63) is 75.9 Å². The molecule has 1 N–H and O–H groups in total. The number of amides is 2. The predicted molar refractivity (Wildman–Crippen MR) is 140 cm³/mol. The predicted octanol–water partition coefficient (Wildman–Crippen LogP) is 5.02. The highest BCUT2D eigenvalue weighted by Crippen LogP contribution is 2.39. The van der Waals surface area contributed by atoms with Gasteiger partial charge in [-0.25, -0.2) is 0 Å². The molecular weight excluding hydrogens is 483 g/mol. The monoisotopic (exact) mass is 510 g/mol. The lowest BCUT2D eigenvalue weighted by molar-refractivity contribution is -0.134. The van der Waals surface area contributed by atoms with Crippen molar-refractivity contribution >= 4 is 46.4 Å². The quantitative estimate of drug-likeness (QED) is 0.629. The number of aliphatic imine (C=N–C) groups is 1. The van der Waals surface area contributed by atoms with Gasteiger partial charge in [0, 0.05) is 48.0 Å². The van der Waals surface area contributed by atoms with Crippen LogP contribution in [-0.4, -0.2) is 59.2 Å². The zero-order valence-electron chi connectivity index (χ0n) is 19.5. The molecule has 0 radical (unpaired) electrons. The Morgan fingerprint density at radius 1 is 0.943 bits per heavy atom. The Bertz CT molecular complexity index is 1200. The van der Waals surface area contributed by atoms with Gasteiger partial charge in [0.15, 0.2) is 5.84 Å². The van der Waals surface area contributed by atoms with Crippen LogP contribution in [0.4, 0.5) is 0 Å². The number of hydrogen-bond acceptors (Lipinski definition) is 4. The van der Waals surface area contributed by atoms with Crippen LogP contribution in [0, 0.1) is 0 Å². The van der Waals surface area contributed by atoms with Gasteiger partial charge in [0.1, 0.15) is 0 Å². The molecule has 0 aromatic heterocycles. The summed E-state index contributed by atoms with van der Waals surface area (Å²) in [5, 5.41) is 4.40. The van der Waals surface area contributed by atoms with E-state index in [0.717, 1.165) is 43.2 Å². The number of rotatable bonds is 3. The number of nitrogens with zero attached hydrogens (tertiary/aromatic N) is 3. The van der Waals surface area contributed by atoms with Gasteiger partial charge in [-0.15, -0.1) is 0 Å². The molecule has 2 amide bonds. The first-order chi connectivity index (χ1) is 16.9. The molecule has 2 aliphatic heterocycles. The van der Waals surface area contributed by atoms with Crippen molar-refractivity contribution in [3.8, 4) is 0 Å². The fourth-order valence-electron chi connectivity index (χ4n) is 5.47. The fraction of sp³-hybridized carbons (Fsp3) is 0.370. The van der Waals surface area contributed by atoms with Crippen molar-refractivity contribution in [2.45, 2.75) is 37.6 Å². The highest BCUT2D eigenvalue weighted by molar-refractivity contribution is 6.38. The molecule has 3 aliphatic rings. The van der Waals surface area contributed by atoms with E-state index in [9.17, 15) is 9.59 Å². The van der Waals surface area contributed by atoms with E-state index in [4.69, 9.17) is 23.2 Å². The third-order valence-electron chi connectivity index (χ3n) is 7.22. The molecule has 182 valence electrons. The lowest BCUT2D eigenvalue weighted by Crippen LogP contribution is -2.65. The van der Waals surface area contributed by atoms with E-state index in [0.29, 0.717) is 47.6 Å². The van der Waals surface area contributed by atoms with E-state index < -0.39 is 0 Å². The number of nitrogens with one attached hydrogen (secondary N) is 1. The topological polar surface area (TPSA) is 65.0 Å². The first-order valence-corrected chi connectivity index (χ1v) is 12.8. The first kappa shape index (κ1) is 23.9. The fourth-order valence-corrected chi connectivity index (χ4v) is 5.85. The summed E-state index contributed by atoms with van der Waals surface area (Å²) < 4.78 is 0. The Morgan fingerprint density at radius 3 is 2.43 bits per heavy atom. The zero-order valence-corrected chi connectivity index (χ0v) is 21.0. The highest BCUT2D eigenvalue weighted by atomic mass is 35.5. The van der Waals surface area contributed by atoms with Crippen molar-refractivity contribution in [1.82, 2.24) is 15.1 Å². The van der Waals surface area contributed by atoms with Gasteiger partial charge in [-0.05, 0) is 60.7 Å². The average molecular weight is 511 g/mol. The van der Waals surface area contributed by atoms with Crippen molar-refractivity contribution in [2.75, 3.05) is 26.2 Å². The molecule has 8 heteroatoms. The molecule has 1 spiro atoms. The number of amidine groups is 1. The van der Waals surface area contributed by atoms with Crippen LogP contribution in [-0.2, 0) is 4.79 Å². The molecule has 35 heavy (non-hydrogen) atoms. The molecule has 0 atom stereocenters. The lowest BCUT2D eigenvalue weighted by Gasteiger charge is -2.49. The van der Waals surface area contributed by atoms with Crippen LogP contribution in [0.1, 0.15) is 48.0 Å². The molecule has 6 nitrogen and oxygen atoms in total. The minimum atomic E-state index is -0.362. The summed E-state index contributed by atoms with van der Waals surface area (Å²) in [4.78, 5) is 35.4. The summed E-state index contributed by atoms with van der Waals surface area (Å²) in [6, 6.07) is 14.8. The molecule has 1 saturated heterocycles. The largest absolute Gasteiger partial charge is 0.342 e. The number of carbonyl (C=O) groups excluding carboxylic acids is 2. The van der Waals surface area contributed by atoms with Crippen molar-refractivity contribution in [1.29, 1.82) is 0 Å². The van der Waals surface area contributed by atoms with Crippen molar-refractivity contribution in [2.24, 2.45) is 4.99 Å². The molecule has 2 aromatic rings.